The van der Waals surface area contributed by atoms with Gasteiger partial charge in [-0.05, 0) is 43.7 Å². The highest BCUT2D eigenvalue weighted by Crippen LogP contribution is 2.36. The van der Waals surface area contributed by atoms with Crippen molar-refractivity contribution in [3.63, 3.8) is 0 Å². The summed E-state index contributed by atoms with van der Waals surface area (Å²) in [6, 6.07) is 13.1. The third-order valence-electron chi connectivity index (χ3n) is 4.08. The third kappa shape index (κ3) is 3.02. The topological polar surface area (TPSA) is 64.8 Å². The average molecular weight is 326 g/mol. The standard InChI is InChI=1S/C19H22N2O3/c1-3-21-15-12-14(20)9-10-17(15)24-18(19(21)22)11-13-7-5-6-8-16(13)23-4-2/h5-10,12,18H,3-4,11,20H2,1-2H3. The van der Waals surface area contributed by atoms with Gasteiger partial charge < -0.3 is 20.1 Å². The van der Waals surface area contributed by atoms with Gasteiger partial charge in [-0.2, -0.15) is 0 Å². The van der Waals surface area contributed by atoms with Gasteiger partial charge in [0.15, 0.2) is 6.10 Å². The average Bonchev–Trinajstić information content (AvgIpc) is 2.58. The maximum Gasteiger partial charge on any atom is 0.268 e. The molecule has 3 rings (SSSR count). The molecule has 0 aliphatic carbocycles. The second kappa shape index (κ2) is 6.83. The van der Waals surface area contributed by atoms with E-state index in [1.807, 2.05) is 44.2 Å². The Hall–Kier alpha value is -2.69. The Morgan fingerprint density at radius 3 is 2.75 bits per heavy atom. The lowest BCUT2D eigenvalue weighted by Gasteiger charge is -2.34. The monoisotopic (exact) mass is 326 g/mol. The van der Waals surface area contributed by atoms with Crippen LogP contribution in [0.4, 0.5) is 11.4 Å². The number of nitrogens with zero attached hydrogens (tertiary/aromatic N) is 1. The van der Waals surface area contributed by atoms with Gasteiger partial charge in [-0.1, -0.05) is 18.2 Å². The smallest absolute Gasteiger partial charge is 0.268 e. The maximum atomic E-state index is 12.8. The molecule has 0 fully saturated rings. The minimum Gasteiger partial charge on any atom is -0.494 e. The van der Waals surface area contributed by atoms with Crippen LogP contribution in [0.3, 0.4) is 0 Å². The number of amides is 1. The van der Waals surface area contributed by atoms with Crippen LogP contribution in [0, 0.1) is 0 Å². The predicted molar refractivity (Wildman–Crippen MR) is 94.6 cm³/mol. The lowest BCUT2D eigenvalue weighted by Crippen LogP contribution is -2.46. The lowest BCUT2D eigenvalue weighted by molar-refractivity contribution is -0.126. The third-order valence-corrected chi connectivity index (χ3v) is 4.08. The first-order valence-electron chi connectivity index (χ1n) is 8.22. The highest BCUT2D eigenvalue weighted by Gasteiger charge is 2.34. The zero-order valence-corrected chi connectivity index (χ0v) is 14.0. The highest BCUT2D eigenvalue weighted by molar-refractivity contribution is 6.00. The van der Waals surface area contributed by atoms with Crippen LogP contribution in [0.5, 0.6) is 11.5 Å². The fourth-order valence-electron chi connectivity index (χ4n) is 2.96. The Kier molecular flexibility index (Phi) is 4.60. The normalized spacial score (nSPS) is 16.5. The van der Waals surface area contributed by atoms with Crippen molar-refractivity contribution in [3.8, 4) is 11.5 Å². The number of hydrogen-bond donors (Lipinski definition) is 1. The molecule has 1 aliphatic heterocycles. The van der Waals surface area contributed by atoms with Crippen LogP contribution >= 0.6 is 0 Å². The summed E-state index contributed by atoms with van der Waals surface area (Å²) < 4.78 is 11.6. The molecule has 2 N–H and O–H groups in total. The molecule has 1 aliphatic rings. The van der Waals surface area contributed by atoms with Crippen molar-refractivity contribution >= 4 is 17.3 Å². The molecule has 1 amide bonds. The SMILES string of the molecule is CCOc1ccccc1CC1Oc2ccc(N)cc2N(CC)C1=O. The van der Waals surface area contributed by atoms with Gasteiger partial charge in [0.2, 0.25) is 0 Å². The van der Waals surface area contributed by atoms with E-state index in [0.29, 0.717) is 31.0 Å². The summed E-state index contributed by atoms with van der Waals surface area (Å²) in [5.41, 5.74) is 8.16. The number of nitrogen functional groups attached to an aromatic ring is 1. The van der Waals surface area contributed by atoms with E-state index < -0.39 is 6.10 Å². The van der Waals surface area contributed by atoms with Gasteiger partial charge in [0.25, 0.3) is 5.91 Å². The summed E-state index contributed by atoms with van der Waals surface area (Å²) in [7, 11) is 0. The largest absolute Gasteiger partial charge is 0.494 e. The summed E-state index contributed by atoms with van der Waals surface area (Å²) in [5, 5.41) is 0. The first kappa shape index (κ1) is 16.2. The van der Waals surface area contributed by atoms with Crippen molar-refractivity contribution < 1.29 is 14.3 Å². The second-order valence-corrected chi connectivity index (χ2v) is 5.66. The Balaban J connectivity index is 1.90. The van der Waals surface area contributed by atoms with Crippen molar-refractivity contribution in [2.45, 2.75) is 26.4 Å². The predicted octanol–water partition coefficient (Wildman–Crippen LogP) is 3.02. The van der Waals surface area contributed by atoms with Crippen molar-refractivity contribution in [3.05, 3.63) is 48.0 Å². The Morgan fingerprint density at radius 1 is 1.21 bits per heavy atom. The van der Waals surface area contributed by atoms with Crippen molar-refractivity contribution in [2.24, 2.45) is 0 Å². The Bertz CT molecular complexity index is 745. The van der Waals surface area contributed by atoms with Gasteiger partial charge in [0.05, 0.1) is 12.3 Å². The molecule has 1 unspecified atom stereocenters. The first-order chi connectivity index (χ1) is 11.6. The number of fused-ring (bicyclic) bond motifs is 1. The van der Waals surface area contributed by atoms with Crippen LogP contribution in [-0.4, -0.2) is 25.2 Å². The molecule has 0 radical (unpaired) electrons. The van der Waals surface area contributed by atoms with E-state index in [0.717, 1.165) is 17.0 Å². The van der Waals surface area contributed by atoms with E-state index in [9.17, 15) is 4.79 Å². The van der Waals surface area contributed by atoms with E-state index in [1.165, 1.54) is 0 Å². The van der Waals surface area contributed by atoms with Gasteiger partial charge in [-0.3, -0.25) is 4.79 Å². The van der Waals surface area contributed by atoms with Gasteiger partial charge >= 0.3 is 0 Å². The van der Waals surface area contributed by atoms with E-state index in [2.05, 4.69) is 0 Å². The molecular weight excluding hydrogens is 304 g/mol. The fraction of sp³-hybridized carbons (Fsp3) is 0.316. The van der Waals surface area contributed by atoms with Crippen LogP contribution < -0.4 is 20.1 Å². The zero-order valence-electron chi connectivity index (χ0n) is 14.0. The van der Waals surface area contributed by atoms with Crippen molar-refractivity contribution in [2.75, 3.05) is 23.8 Å². The fourth-order valence-corrected chi connectivity index (χ4v) is 2.96. The molecule has 0 bridgehead atoms. The van der Waals surface area contributed by atoms with Crippen molar-refractivity contribution in [1.82, 2.24) is 0 Å². The van der Waals surface area contributed by atoms with Crippen molar-refractivity contribution in [1.29, 1.82) is 0 Å². The number of hydrogen-bond acceptors (Lipinski definition) is 4. The number of likely N-dealkylation sites (N-methyl/N-ethyl adjacent to an activating group) is 1. The molecular formula is C19H22N2O3. The number of carbonyl (C=O) groups is 1. The summed E-state index contributed by atoms with van der Waals surface area (Å²) in [4.78, 5) is 14.5. The number of anilines is 2. The summed E-state index contributed by atoms with van der Waals surface area (Å²) in [5.74, 6) is 1.42. The molecule has 5 nitrogen and oxygen atoms in total. The Morgan fingerprint density at radius 2 is 2.00 bits per heavy atom. The van der Waals surface area contributed by atoms with E-state index in [-0.39, 0.29) is 5.91 Å². The van der Waals surface area contributed by atoms with Crippen LogP contribution in [0.2, 0.25) is 0 Å². The summed E-state index contributed by atoms with van der Waals surface area (Å²) in [6.07, 6.45) is -0.0994. The molecule has 0 aromatic heterocycles. The Labute approximate surface area is 142 Å². The summed E-state index contributed by atoms with van der Waals surface area (Å²) >= 11 is 0. The van der Waals surface area contributed by atoms with Crippen LogP contribution in [0.25, 0.3) is 0 Å². The van der Waals surface area contributed by atoms with Crippen LogP contribution in [0.1, 0.15) is 19.4 Å². The number of ether oxygens (including phenoxy) is 2. The molecule has 126 valence electrons. The molecule has 0 saturated carbocycles. The molecule has 24 heavy (non-hydrogen) atoms. The molecule has 5 heteroatoms. The summed E-state index contributed by atoms with van der Waals surface area (Å²) in [6.45, 7) is 5.04. The lowest BCUT2D eigenvalue weighted by atomic mass is 10.0. The van der Waals surface area contributed by atoms with Gasteiger partial charge in [-0.15, -0.1) is 0 Å². The number of para-hydroxylation sites is 1. The van der Waals surface area contributed by atoms with Gasteiger partial charge in [0, 0.05) is 18.7 Å². The minimum absolute atomic E-state index is 0.0538. The second-order valence-electron chi connectivity index (χ2n) is 5.66. The molecule has 0 spiro atoms. The number of rotatable bonds is 5. The highest BCUT2D eigenvalue weighted by atomic mass is 16.5. The van der Waals surface area contributed by atoms with Crippen LogP contribution in [-0.2, 0) is 11.2 Å². The van der Waals surface area contributed by atoms with E-state index in [1.54, 1.807) is 17.0 Å². The molecule has 1 heterocycles. The zero-order chi connectivity index (χ0) is 17.1. The number of nitrogens with two attached hydrogens (primary N) is 1. The molecule has 1 atom stereocenters. The molecule has 0 saturated heterocycles. The van der Waals surface area contributed by atoms with E-state index in [4.69, 9.17) is 15.2 Å². The van der Waals surface area contributed by atoms with Gasteiger partial charge in [0.1, 0.15) is 11.5 Å². The first-order valence-corrected chi connectivity index (χ1v) is 8.22. The van der Waals surface area contributed by atoms with Gasteiger partial charge in [-0.25, -0.2) is 0 Å². The minimum atomic E-state index is -0.567. The quantitative estimate of drug-likeness (QED) is 0.858. The van der Waals surface area contributed by atoms with Crippen LogP contribution in [0.15, 0.2) is 42.5 Å². The maximum absolute atomic E-state index is 12.8. The number of carbonyl (C=O) groups excluding carboxylic acids is 1. The van der Waals surface area contributed by atoms with E-state index >= 15 is 0 Å². The molecule has 2 aromatic rings. The molecule has 2 aromatic carbocycles. The number of benzene rings is 2.